The molecule has 0 radical (unpaired) electrons. The first-order chi connectivity index (χ1) is 5.65. The predicted octanol–water partition coefficient (Wildman–Crippen LogP) is 4.34. The highest BCUT2D eigenvalue weighted by Gasteiger charge is 1.99. The van der Waals surface area contributed by atoms with E-state index in [0.29, 0.717) is 5.92 Å². The maximum Gasteiger partial charge on any atom is -0.0222 e. The summed E-state index contributed by atoms with van der Waals surface area (Å²) in [5, 5.41) is 0. The summed E-state index contributed by atoms with van der Waals surface area (Å²) in [7, 11) is 0. The quantitative estimate of drug-likeness (QED) is 0.545. The van der Waals surface area contributed by atoms with Gasteiger partial charge in [0.2, 0.25) is 0 Å². The lowest BCUT2D eigenvalue weighted by Gasteiger charge is -2.08. The molecule has 0 saturated heterocycles. The van der Waals surface area contributed by atoms with Gasteiger partial charge in [-0.05, 0) is 31.3 Å². The van der Waals surface area contributed by atoms with Crippen molar-refractivity contribution in [1.29, 1.82) is 0 Å². The van der Waals surface area contributed by atoms with Gasteiger partial charge in [-0.3, -0.25) is 0 Å². The summed E-state index contributed by atoms with van der Waals surface area (Å²) < 4.78 is 0. The summed E-state index contributed by atoms with van der Waals surface area (Å²) in [5.74, 6) is 0.656. The first-order valence-corrected chi connectivity index (χ1v) is 5.01. The third kappa shape index (κ3) is 3.75. The van der Waals surface area contributed by atoms with Crippen LogP contribution in [0.5, 0.6) is 0 Å². The van der Waals surface area contributed by atoms with Crippen LogP contribution in [-0.4, -0.2) is 0 Å². The highest BCUT2D eigenvalue weighted by Crippen LogP contribution is 2.16. The average molecular weight is 166 g/mol. The van der Waals surface area contributed by atoms with Crippen molar-refractivity contribution < 1.29 is 0 Å². The topological polar surface area (TPSA) is 0 Å². The molecule has 0 fully saturated rings. The molecular formula is C12H22. The fraction of sp³-hybridized carbons (Fsp3) is 0.667. The van der Waals surface area contributed by atoms with E-state index in [0.717, 1.165) is 0 Å². The van der Waals surface area contributed by atoms with Crippen LogP contribution >= 0.6 is 0 Å². The molecule has 0 atom stereocenters. The van der Waals surface area contributed by atoms with Crippen LogP contribution in [-0.2, 0) is 0 Å². The summed E-state index contributed by atoms with van der Waals surface area (Å²) in [6.07, 6.45) is 6.93. The molecule has 0 amide bonds. The summed E-state index contributed by atoms with van der Waals surface area (Å²) in [4.78, 5) is 0. The summed E-state index contributed by atoms with van der Waals surface area (Å²) in [5.41, 5.74) is 3.02. The van der Waals surface area contributed by atoms with Crippen molar-refractivity contribution in [1.82, 2.24) is 0 Å². The van der Waals surface area contributed by atoms with Crippen LogP contribution in [0.3, 0.4) is 0 Å². The summed E-state index contributed by atoms with van der Waals surface area (Å²) in [6.45, 7) is 11.1. The SMILES string of the molecule is CC=C(C=C(CC)CC)C(C)C. The molecule has 0 aromatic heterocycles. The number of hydrogen-bond donors (Lipinski definition) is 0. The molecular weight excluding hydrogens is 144 g/mol. The van der Waals surface area contributed by atoms with Crippen LogP contribution in [0.15, 0.2) is 23.3 Å². The molecule has 0 unspecified atom stereocenters. The smallest absolute Gasteiger partial charge is 0.0222 e. The van der Waals surface area contributed by atoms with Gasteiger partial charge in [0.1, 0.15) is 0 Å². The molecule has 0 spiro atoms. The Balaban J connectivity index is 4.45. The molecule has 0 aliphatic heterocycles. The van der Waals surface area contributed by atoms with Crippen molar-refractivity contribution >= 4 is 0 Å². The van der Waals surface area contributed by atoms with Crippen molar-refractivity contribution in [2.45, 2.75) is 47.5 Å². The number of hydrogen-bond acceptors (Lipinski definition) is 0. The maximum absolute atomic E-state index is 2.35. The van der Waals surface area contributed by atoms with Crippen molar-refractivity contribution in [2.75, 3.05) is 0 Å². The second-order valence-electron chi connectivity index (χ2n) is 3.45. The highest BCUT2D eigenvalue weighted by molar-refractivity contribution is 5.24. The minimum Gasteiger partial charge on any atom is -0.0842 e. The van der Waals surface area contributed by atoms with E-state index in [1.165, 1.54) is 18.4 Å². The van der Waals surface area contributed by atoms with E-state index < -0.39 is 0 Å². The number of rotatable bonds is 4. The van der Waals surface area contributed by atoms with Crippen LogP contribution in [0, 0.1) is 5.92 Å². The molecule has 0 aliphatic rings. The largest absolute Gasteiger partial charge is 0.0842 e. The third-order valence-corrected chi connectivity index (χ3v) is 2.28. The van der Waals surface area contributed by atoms with Gasteiger partial charge in [-0.15, -0.1) is 0 Å². The fourth-order valence-corrected chi connectivity index (χ4v) is 1.27. The normalized spacial score (nSPS) is 12.0. The van der Waals surface area contributed by atoms with E-state index in [4.69, 9.17) is 0 Å². The molecule has 0 aromatic rings. The van der Waals surface area contributed by atoms with Crippen LogP contribution in [0.4, 0.5) is 0 Å². The second-order valence-corrected chi connectivity index (χ2v) is 3.45. The van der Waals surface area contributed by atoms with Crippen molar-refractivity contribution in [3.63, 3.8) is 0 Å². The van der Waals surface area contributed by atoms with Gasteiger partial charge in [-0.1, -0.05) is 45.4 Å². The van der Waals surface area contributed by atoms with Crippen molar-refractivity contribution in [3.8, 4) is 0 Å². The fourth-order valence-electron chi connectivity index (χ4n) is 1.27. The zero-order valence-electron chi connectivity index (χ0n) is 9.15. The van der Waals surface area contributed by atoms with E-state index in [1.807, 2.05) is 0 Å². The van der Waals surface area contributed by atoms with Gasteiger partial charge >= 0.3 is 0 Å². The Bertz CT molecular complexity index is 164. The molecule has 0 saturated carbocycles. The van der Waals surface area contributed by atoms with Crippen LogP contribution in [0.25, 0.3) is 0 Å². The second kappa shape index (κ2) is 6.05. The van der Waals surface area contributed by atoms with Gasteiger partial charge in [0.25, 0.3) is 0 Å². The first kappa shape index (κ1) is 11.5. The highest BCUT2D eigenvalue weighted by atomic mass is 14.0. The molecule has 0 heteroatoms. The Morgan fingerprint density at radius 1 is 1.17 bits per heavy atom. The molecule has 0 aliphatic carbocycles. The van der Waals surface area contributed by atoms with E-state index in [-0.39, 0.29) is 0 Å². The average Bonchev–Trinajstić information content (AvgIpc) is 2.06. The molecule has 0 aromatic carbocycles. The molecule has 0 N–H and O–H groups in total. The number of allylic oxidation sites excluding steroid dienone is 4. The summed E-state index contributed by atoms with van der Waals surface area (Å²) in [6, 6.07) is 0. The van der Waals surface area contributed by atoms with Gasteiger partial charge < -0.3 is 0 Å². The first-order valence-electron chi connectivity index (χ1n) is 5.01. The Hall–Kier alpha value is -0.520. The zero-order valence-corrected chi connectivity index (χ0v) is 9.15. The Morgan fingerprint density at radius 3 is 1.92 bits per heavy atom. The van der Waals surface area contributed by atoms with E-state index in [9.17, 15) is 0 Å². The van der Waals surface area contributed by atoms with E-state index in [2.05, 4.69) is 46.8 Å². The minimum atomic E-state index is 0.656. The Kier molecular flexibility index (Phi) is 5.79. The molecule has 0 nitrogen and oxygen atoms in total. The third-order valence-electron chi connectivity index (χ3n) is 2.28. The van der Waals surface area contributed by atoms with Gasteiger partial charge in [0.15, 0.2) is 0 Å². The van der Waals surface area contributed by atoms with Crippen molar-refractivity contribution in [2.24, 2.45) is 5.92 Å². The van der Waals surface area contributed by atoms with Gasteiger partial charge in [0.05, 0.1) is 0 Å². The molecule has 0 bridgehead atoms. The summed E-state index contributed by atoms with van der Waals surface area (Å²) >= 11 is 0. The van der Waals surface area contributed by atoms with Crippen LogP contribution < -0.4 is 0 Å². The molecule has 70 valence electrons. The zero-order chi connectivity index (χ0) is 9.56. The molecule has 0 rings (SSSR count). The molecule has 0 heterocycles. The van der Waals surface area contributed by atoms with Crippen LogP contribution in [0.1, 0.15) is 47.5 Å². The van der Waals surface area contributed by atoms with Gasteiger partial charge in [-0.25, -0.2) is 0 Å². The predicted molar refractivity (Wildman–Crippen MR) is 57.3 cm³/mol. The lowest BCUT2D eigenvalue weighted by molar-refractivity contribution is 0.783. The molecule has 12 heavy (non-hydrogen) atoms. The van der Waals surface area contributed by atoms with Gasteiger partial charge in [0, 0.05) is 0 Å². The lowest BCUT2D eigenvalue weighted by atomic mass is 9.98. The standard InChI is InChI=1S/C12H22/c1-6-11(7-2)9-12(8-3)10(4)5/h8-10H,6-7H2,1-5H3. The van der Waals surface area contributed by atoms with Crippen molar-refractivity contribution in [3.05, 3.63) is 23.3 Å². The minimum absolute atomic E-state index is 0.656. The Morgan fingerprint density at radius 2 is 1.67 bits per heavy atom. The lowest BCUT2D eigenvalue weighted by Crippen LogP contribution is -1.91. The van der Waals surface area contributed by atoms with E-state index in [1.54, 1.807) is 5.57 Å². The maximum atomic E-state index is 2.35. The Labute approximate surface area is 77.4 Å². The van der Waals surface area contributed by atoms with Crippen LogP contribution in [0.2, 0.25) is 0 Å². The monoisotopic (exact) mass is 166 g/mol. The van der Waals surface area contributed by atoms with E-state index >= 15 is 0 Å². The van der Waals surface area contributed by atoms with Gasteiger partial charge in [-0.2, -0.15) is 0 Å².